The maximum Gasteiger partial charge on any atom is 0.294 e. The van der Waals surface area contributed by atoms with Crippen molar-refractivity contribution in [3.8, 4) is 0 Å². The predicted octanol–water partition coefficient (Wildman–Crippen LogP) is 0.0826. The minimum atomic E-state index is -0.513. The molecule has 0 unspecified atom stereocenters. The van der Waals surface area contributed by atoms with E-state index < -0.39 is 5.91 Å². The van der Waals surface area contributed by atoms with Crippen LogP contribution in [-0.2, 0) is 0 Å². The van der Waals surface area contributed by atoms with E-state index in [0.29, 0.717) is 0 Å². The highest BCUT2D eigenvalue weighted by Gasteiger charge is 2.11. The van der Waals surface area contributed by atoms with Crippen molar-refractivity contribution in [3.05, 3.63) is 23.1 Å². The van der Waals surface area contributed by atoms with Gasteiger partial charge in [0.15, 0.2) is 11.0 Å². The summed E-state index contributed by atoms with van der Waals surface area (Å²) in [5.74, 6) is -0.271. The van der Waals surface area contributed by atoms with Gasteiger partial charge in [-0.1, -0.05) is 11.6 Å². The Morgan fingerprint density at radius 1 is 1.44 bits per heavy atom. The summed E-state index contributed by atoms with van der Waals surface area (Å²) in [5.41, 5.74) is 5.25. The molecule has 2 aromatic rings. The Labute approximate surface area is 94.2 Å². The fourth-order valence-electron chi connectivity index (χ4n) is 0.935. The molecule has 2 heterocycles. The number of nitrogen functional groups attached to an aromatic ring is 1. The largest absolute Gasteiger partial charge is 0.366 e. The van der Waals surface area contributed by atoms with Gasteiger partial charge in [-0.3, -0.25) is 9.89 Å². The highest BCUT2D eigenvalue weighted by Crippen LogP contribution is 2.07. The molecule has 0 bridgehead atoms. The van der Waals surface area contributed by atoms with Gasteiger partial charge in [-0.2, -0.15) is 4.98 Å². The molecule has 82 valence electrons. The summed E-state index contributed by atoms with van der Waals surface area (Å²) in [7, 11) is 0. The lowest BCUT2D eigenvalue weighted by atomic mass is 10.5. The van der Waals surface area contributed by atoms with Crippen LogP contribution in [0.15, 0.2) is 12.1 Å². The predicted molar refractivity (Wildman–Crippen MR) is 55.8 cm³/mol. The van der Waals surface area contributed by atoms with Gasteiger partial charge >= 0.3 is 0 Å². The van der Waals surface area contributed by atoms with Crippen LogP contribution in [0.2, 0.25) is 5.15 Å². The number of nitrogens with two attached hydrogens (primary N) is 1. The van der Waals surface area contributed by atoms with Crippen LogP contribution < -0.4 is 11.1 Å². The van der Waals surface area contributed by atoms with E-state index in [1.54, 1.807) is 0 Å². The van der Waals surface area contributed by atoms with Crippen molar-refractivity contribution in [1.29, 1.82) is 0 Å². The molecule has 0 aliphatic rings. The van der Waals surface area contributed by atoms with E-state index in [0.717, 1.165) is 0 Å². The molecule has 16 heavy (non-hydrogen) atoms. The zero-order valence-electron chi connectivity index (χ0n) is 7.81. The molecule has 8 nitrogen and oxygen atoms in total. The third-order valence-corrected chi connectivity index (χ3v) is 1.79. The molecular weight excluding hydrogens is 234 g/mol. The van der Waals surface area contributed by atoms with E-state index >= 15 is 0 Å². The summed E-state index contributed by atoms with van der Waals surface area (Å²) in [6.45, 7) is 0. The zero-order chi connectivity index (χ0) is 11.5. The van der Waals surface area contributed by atoms with Crippen molar-refractivity contribution in [2.75, 3.05) is 11.1 Å². The zero-order valence-corrected chi connectivity index (χ0v) is 8.56. The number of amides is 1. The molecule has 0 radical (unpaired) electrons. The summed E-state index contributed by atoms with van der Waals surface area (Å²) in [6, 6.07) is 3.01. The monoisotopic (exact) mass is 239 g/mol. The Balaban J connectivity index is 2.10. The quantitative estimate of drug-likeness (QED) is 0.682. The Morgan fingerprint density at radius 3 is 2.81 bits per heavy atom. The topological polar surface area (TPSA) is 122 Å². The number of H-pyrrole nitrogens is 1. The summed E-state index contributed by atoms with van der Waals surface area (Å²) in [4.78, 5) is 15.2. The van der Waals surface area contributed by atoms with Gasteiger partial charge in [-0.15, -0.1) is 15.3 Å². The van der Waals surface area contributed by atoms with Gasteiger partial charge in [0.2, 0.25) is 11.8 Å². The summed E-state index contributed by atoms with van der Waals surface area (Å²) in [6.07, 6.45) is 0. The molecule has 2 rings (SSSR count). The van der Waals surface area contributed by atoms with E-state index in [1.807, 2.05) is 0 Å². The molecule has 0 fully saturated rings. The molecule has 0 saturated heterocycles. The van der Waals surface area contributed by atoms with Crippen molar-refractivity contribution in [2.24, 2.45) is 0 Å². The number of aromatic nitrogens is 5. The van der Waals surface area contributed by atoms with E-state index in [4.69, 9.17) is 17.3 Å². The highest BCUT2D eigenvalue weighted by molar-refractivity contribution is 6.29. The molecule has 1 amide bonds. The van der Waals surface area contributed by atoms with Crippen LogP contribution in [0.3, 0.4) is 0 Å². The Kier molecular flexibility index (Phi) is 2.64. The second-order valence-electron chi connectivity index (χ2n) is 2.74. The normalized spacial score (nSPS) is 10.1. The van der Waals surface area contributed by atoms with E-state index in [2.05, 4.69) is 30.7 Å². The van der Waals surface area contributed by atoms with Crippen LogP contribution in [0.4, 0.5) is 11.8 Å². The molecule has 2 aromatic heterocycles. The average molecular weight is 240 g/mol. The second-order valence-corrected chi connectivity index (χ2v) is 3.12. The molecule has 4 N–H and O–H groups in total. The molecule has 0 aliphatic heterocycles. The summed E-state index contributed by atoms with van der Waals surface area (Å²) >= 11 is 5.54. The number of nitrogens with zero attached hydrogens (tertiary/aromatic N) is 4. The van der Waals surface area contributed by atoms with Crippen molar-refractivity contribution < 1.29 is 4.79 Å². The minimum Gasteiger partial charge on any atom is -0.366 e. The third-order valence-electron chi connectivity index (χ3n) is 1.59. The SMILES string of the molecule is Nc1n[nH]c(C(=O)Nc2ccc(Cl)nn2)n1. The first-order chi connectivity index (χ1) is 7.65. The maximum absolute atomic E-state index is 11.5. The van der Waals surface area contributed by atoms with Gasteiger partial charge in [0.25, 0.3) is 5.91 Å². The van der Waals surface area contributed by atoms with Gasteiger partial charge in [0.1, 0.15) is 0 Å². The lowest BCUT2D eigenvalue weighted by Gasteiger charge is -1.99. The van der Waals surface area contributed by atoms with Crippen molar-refractivity contribution in [2.45, 2.75) is 0 Å². The lowest BCUT2D eigenvalue weighted by molar-refractivity contribution is 0.101. The molecule has 0 spiro atoms. The molecule has 0 saturated carbocycles. The molecule has 0 aromatic carbocycles. The number of anilines is 2. The van der Waals surface area contributed by atoms with Crippen LogP contribution in [0, 0.1) is 0 Å². The standard InChI is InChI=1S/C7H6ClN7O/c8-3-1-2-4(13-12-3)10-6(16)5-11-7(9)15-14-5/h1-2H,(H,10,13,16)(H3,9,11,14,15). The summed E-state index contributed by atoms with van der Waals surface area (Å²) < 4.78 is 0. The third kappa shape index (κ3) is 2.23. The Morgan fingerprint density at radius 2 is 2.25 bits per heavy atom. The number of nitrogens with one attached hydrogen (secondary N) is 2. The van der Waals surface area contributed by atoms with Gasteiger partial charge in [0, 0.05) is 0 Å². The summed E-state index contributed by atoms with van der Waals surface area (Å²) in [5, 5.41) is 15.8. The Hall–Kier alpha value is -2.22. The van der Waals surface area contributed by atoms with Crippen LogP contribution in [0.25, 0.3) is 0 Å². The van der Waals surface area contributed by atoms with Gasteiger partial charge < -0.3 is 11.1 Å². The van der Waals surface area contributed by atoms with Crippen LogP contribution >= 0.6 is 11.6 Å². The number of rotatable bonds is 2. The van der Waals surface area contributed by atoms with Crippen LogP contribution in [0.5, 0.6) is 0 Å². The van der Waals surface area contributed by atoms with Gasteiger partial charge in [0.05, 0.1) is 0 Å². The first-order valence-electron chi connectivity index (χ1n) is 4.13. The molecule has 0 atom stereocenters. The second kappa shape index (κ2) is 4.11. The maximum atomic E-state index is 11.5. The number of hydrogen-bond donors (Lipinski definition) is 3. The van der Waals surface area contributed by atoms with E-state index in [-0.39, 0.29) is 22.7 Å². The van der Waals surface area contributed by atoms with Crippen molar-refractivity contribution >= 4 is 29.3 Å². The molecule has 0 aliphatic carbocycles. The van der Waals surface area contributed by atoms with Gasteiger partial charge in [-0.25, -0.2) is 0 Å². The number of halogens is 1. The number of aromatic amines is 1. The molecule has 9 heteroatoms. The average Bonchev–Trinajstić information content (AvgIpc) is 2.68. The first-order valence-corrected chi connectivity index (χ1v) is 4.51. The van der Waals surface area contributed by atoms with E-state index in [9.17, 15) is 4.79 Å². The van der Waals surface area contributed by atoms with Gasteiger partial charge in [-0.05, 0) is 12.1 Å². The number of carbonyl (C=O) groups excluding carboxylic acids is 1. The highest BCUT2D eigenvalue weighted by atomic mass is 35.5. The fourth-order valence-corrected chi connectivity index (χ4v) is 1.04. The number of hydrogen-bond acceptors (Lipinski definition) is 6. The lowest BCUT2D eigenvalue weighted by Crippen LogP contribution is -2.15. The first kappa shape index (κ1) is 10.3. The fraction of sp³-hybridized carbons (Fsp3) is 0. The van der Waals surface area contributed by atoms with Crippen LogP contribution in [0.1, 0.15) is 10.6 Å². The molecular formula is C7H6ClN7O. The smallest absolute Gasteiger partial charge is 0.294 e. The van der Waals surface area contributed by atoms with Crippen molar-refractivity contribution in [3.63, 3.8) is 0 Å². The number of carbonyl (C=O) groups is 1. The van der Waals surface area contributed by atoms with Crippen molar-refractivity contribution in [1.82, 2.24) is 25.4 Å². The van der Waals surface area contributed by atoms with Crippen LogP contribution in [-0.4, -0.2) is 31.3 Å². The Bertz CT molecular complexity index is 508. The minimum absolute atomic E-state index is 0.00532. The van der Waals surface area contributed by atoms with E-state index in [1.165, 1.54) is 12.1 Å².